The molecule has 3 rings (SSSR count). The van der Waals surface area contributed by atoms with Crippen LogP contribution in [-0.4, -0.2) is 18.5 Å². The molecule has 0 bridgehead atoms. The second kappa shape index (κ2) is 10.3. The number of carbonyl (C=O) groups is 2. The molecule has 0 saturated heterocycles. The van der Waals surface area contributed by atoms with E-state index in [9.17, 15) is 9.59 Å². The van der Waals surface area contributed by atoms with E-state index in [1.807, 2.05) is 55.5 Å². The van der Waals surface area contributed by atoms with E-state index < -0.39 is 0 Å². The molecule has 3 aromatic rings. The molecule has 154 valence electrons. The van der Waals surface area contributed by atoms with Crippen molar-refractivity contribution in [3.63, 3.8) is 0 Å². The van der Waals surface area contributed by atoms with Crippen molar-refractivity contribution in [3.05, 3.63) is 95.6 Å². The highest BCUT2D eigenvalue weighted by Gasteiger charge is 2.14. The summed E-state index contributed by atoms with van der Waals surface area (Å²) in [5, 5.41) is 8.56. The van der Waals surface area contributed by atoms with Gasteiger partial charge in [0.25, 0.3) is 0 Å². The van der Waals surface area contributed by atoms with Gasteiger partial charge in [0.15, 0.2) is 0 Å². The van der Waals surface area contributed by atoms with E-state index in [1.165, 1.54) is 18.1 Å². The molecule has 0 spiro atoms. The summed E-state index contributed by atoms with van der Waals surface area (Å²) in [4.78, 5) is 23.7. The first-order chi connectivity index (χ1) is 14.5. The van der Waals surface area contributed by atoms with E-state index in [2.05, 4.69) is 40.2 Å². The Kier molecular flexibility index (Phi) is 7.22. The first-order valence-corrected chi connectivity index (χ1v) is 10.1. The summed E-state index contributed by atoms with van der Waals surface area (Å²) in [6, 6.07) is 25.8. The molecule has 30 heavy (non-hydrogen) atoms. The third-order valence-corrected chi connectivity index (χ3v) is 4.93. The van der Waals surface area contributed by atoms with Gasteiger partial charge in [0.2, 0.25) is 5.91 Å². The quantitative estimate of drug-likeness (QED) is 0.503. The van der Waals surface area contributed by atoms with E-state index in [0.29, 0.717) is 17.9 Å². The molecule has 0 atom stereocenters. The van der Waals surface area contributed by atoms with E-state index in [4.69, 9.17) is 0 Å². The zero-order valence-corrected chi connectivity index (χ0v) is 17.3. The number of rotatable bonds is 7. The van der Waals surface area contributed by atoms with Gasteiger partial charge >= 0.3 is 6.03 Å². The van der Waals surface area contributed by atoms with Crippen molar-refractivity contribution in [2.45, 2.75) is 26.2 Å². The Balaban J connectivity index is 1.62. The van der Waals surface area contributed by atoms with Crippen LogP contribution < -0.4 is 16.0 Å². The average Bonchev–Trinajstić information content (AvgIpc) is 2.74. The molecule has 0 aliphatic rings. The Morgan fingerprint density at radius 1 is 0.833 bits per heavy atom. The Bertz CT molecular complexity index is 948. The first-order valence-electron chi connectivity index (χ1n) is 10.1. The minimum Gasteiger partial charge on any atom is -0.338 e. The molecular weight excluding hydrogens is 374 g/mol. The highest BCUT2D eigenvalue weighted by molar-refractivity contribution is 5.93. The van der Waals surface area contributed by atoms with Crippen molar-refractivity contribution in [2.75, 3.05) is 17.2 Å². The lowest BCUT2D eigenvalue weighted by Gasteiger charge is -2.19. The number of nitrogens with one attached hydrogen (secondary N) is 3. The van der Waals surface area contributed by atoms with Crippen LogP contribution in [0.4, 0.5) is 16.2 Å². The van der Waals surface area contributed by atoms with Crippen LogP contribution in [0.2, 0.25) is 0 Å². The first kappa shape index (κ1) is 21.1. The lowest BCUT2D eigenvalue weighted by molar-refractivity contribution is -0.114. The largest absolute Gasteiger partial charge is 0.338 e. The lowest BCUT2D eigenvalue weighted by atomic mass is 9.88. The van der Waals surface area contributed by atoms with Gasteiger partial charge in [0.05, 0.1) is 0 Å². The van der Waals surface area contributed by atoms with Gasteiger partial charge in [-0.2, -0.15) is 0 Å². The Hall–Kier alpha value is -3.60. The van der Waals surface area contributed by atoms with Gasteiger partial charge < -0.3 is 16.0 Å². The molecular formula is C25H27N3O2. The fraction of sp³-hybridized carbons (Fsp3) is 0.200. The lowest BCUT2D eigenvalue weighted by Crippen LogP contribution is -2.30. The van der Waals surface area contributed by atoms with Crippen molar-refractivity contribution in [1.29, 1.82) is 0 Å². The van der Waals surface area contributed by atoms with Gasteiger partial charge in [-0.15, -0.1) is 0 Å². The van der Waals surface area contributed by atoms with Crippen LogP contribution in [0.15, 0.2) is 78.9 Å². The van der Waals surface area contributed by atoms with E-state index in [1.54, 1.807) is 6.07 Å². The van der Waals surface area contributed by atoms with Gasteiger partial charge in [-0.25, -0.2) is 4.79 Å². The molecule has 0 fully saturated rings. The van der Waals surface area contributed by atoms with Crippen molar-refractivity contribution >= 4 is 23.3 Å². The number of hydrogen-bond acceptors (Lipinski definition) is 2. The average molecular weight is 402 g/mol. The summed E-state index contributed by atoms with van der Waals surface area (Å²) < 4.78 is 0. The van der Waals surface area contributed by atoms with Crippen molar-refractivity contribution in [3.8, 4) is 0 Å². The smallest absolute Gasteiger partial charge is 0.319 e. The third kappa shape index (κ3) is 5.95. The monoisotopic (exact) mass is 401 g/mol. The summed E-state index contributed by atoms with van der Waals surface area (Å²) in [7, 11) is 0. The number of hydrogen-bond donors (Lipinski definition) is 3. The summed E-state index contributed by atoms with van der Waals surface area (Å²) in [6.07, 6.45) is 0.784. The zero-order valence-electron chi connectivity index (χ0n) is 17.3. The molecule has 0 unspecified atom stereocenters. The van der Waals surface area contributed by atoms with Crippen molar-refractivity contribution < 1.29 is 9.59 Å². The van der Waals surface area contributed by atoms with Crippen LogP contribution in [0.25, 0.3) is 0 Å². The normalized spacial score (nSPS) is 10.5. The molecule has 0 heterocycles. The van der Waals surface area contributed by atoms with E-state index >= 15 is 0 Å². The Morgan fingerprint density at radius 2 is 1.43 bits per heavy atom. The SMILES string of the molecule is CC(=O)Nc1ccc(C)c(NC(=O)NCCC(c2ccccc2)c2ccccc2)c1. The fourth-order valence-corrected chi connectivity index (χ4v) is 3.43. The molecule has 0 radical (unpaired) electrons. The highest BCUT2D eigenvalue weighted by Crippen LogP contribution is 2.27. The van der Waals surface area contributed by atoms with Crippen molar-refractivity contribution in [2.24, 2.45) is 0 Å². The minimum absolute atomic E-state index is 0.151. The Labute approximate surface area is 177 Å². The van der Waals surface area contributed by atoms with Crippen LogP contribution in [-0.2, 0) is 4.79 Å². The second-order valence-electron chi connectivity index (χ2n) is 7.25. The van der Waals surface area contributed by atoms with Crippen LogP contribution in [0.5, 0.6) is 0 Å². The minimum atomic E-state index is -0.266. The zero-order chi connectivity index (χ0) is 21.3. The summed E-state index contributed by atoms with van der Waals surface area (Å²) in [5.74, 6) is 0.0552. The predicted octanol–water partition coefficient (Wildman–Crippen LogP) is 5.30. The standard InChI is InChI=1S/C25H27N3O2/c1-18-13-14-22(27-19(2)29)17-24(18)28-25(30)26-16-15-23(20-9-5-3-6-10-20)21-11-7-4-8-12-21/h3-14,17,23H,15-16H2,1-2H3,(H,27,29)(H2,26,28,30). The molecule has 0 aromatic heterocycles. The summed E-state index contributed by atoms with van der Waals surface area (Å²) in [6.45, 7) is 3.90. The molecule has 0 aliphatic heterocycles. The molecule has 3 amide bonds. The summed E-state index contributed by atoms with van der Waals surface area (Å²) >= 11 is 0. The van der Waals surface area contributed by atoms with Crippen LogP contribution in [0, 0.1) is 6.92 Å². The molecule has 5 heteroatoms. The topological polar surface area (TPSA) is 70.2 Å². The molecule has 3 aromatic carbocycles. The number of anilines is 2. The van der Waals surface area contributed by atoms with Gasteiger partial charge in [-0.3, -0.25) is 4.79 Å². The van der Waals surface area contributed by atoms with Crippen LogP contribution in [0.1, 0.15) is 36.0 Å². The molecule has 0 aliphatic carbocycles. The van der Waals surface area contributed by atoms with Gasteiger partial charge in [-0.1, -0.05) is 66.7 Å². The van der Waals surface area contributed by atoms with E-state index in [0.717, 1.165) is 12.0 Å². The van der Waals surface area contributed by atoms with Crippen LogP contribution >= 0.6 is 0 Å². The number of amides is 3. The highest BCUT2D eigenvalue weighted by atomic mass is 16.2. The third-order valence-electron chi connectivity index (χ3n) is 4.93. The molecule has 0 saturated carbocycles. The van der Waals surface area contributed by atoms with E-state index in [-0.39, 0.29) is 17.9 Å². The number of carbonyl (C=O) groups excluding carboxylic acids is 2. The second-order valence-corrected chi connectivity index (χ2v) is 7.25. The van der Waals surface area contributed by atoms with Gasteiger partial charge in [0.1, 0.15) is 0 Å². The summed E-state index contributed by atoms with van der Waals surface area (Å²) in [5.41, 5.74) is 4.69. The predicted molar refractivity (Wildman–Crippen MR) is 122 cm³/mol. The number of benzene rings is 3. The maximum absolute atomic E-state index is 12.4. The van der Waals surface area contributed by atoms with Gasteiger partial charge in [0, 0.05) is 30.8 Å². The molecule has 3 N–H and O–H groups in total. The maximum Gasteiger partial charge on any atom is 0.319 e. The Morgan fingerprint density at radius 3 is 2.00 bits per heavy atom. The maximum atomic E-state index is 12.4. The number of aryl methyl sites for hydroxylation is 1. The number of urea groups is 1. The molecule has 5 nitrogen and oxygen atoms in total. The van der Waals surface area contributed by atoms with Crippen molar-refractivity contribution in [1.82, 2.24) is 5.32 Å². The van der Waals surface area contributed by atoms with Crippen LogP contribution in [0.3, 0.4) is 0 Å². The van der Waals surface area contributed by atoms with Gasteiger partial charge in [-0.05, 0) is 42.2 Å². The fourth-order valence-electron chi connectivity index (χ4n) is 3.43.